The standard InChI is InChI=1S/C16H14Br2ClNO/c1-2-15(10-4-3-5-12(19)8-10)20-16(21)13-9-11(17)6-7-14(13)18/h3-9,15H,2H2,1H3,(H,20,21). The van der Waals surface area contributed by atoms with Crippen LogP contribution in [0.2, 0.25) is 5.02 Å². The van der Waals surface area contributed by atoms with Gasteiger partial charge in [-0.25, -0.2) is 0 Å². The van der Waals surface area contributed by atoms with Gasteiger partial charge in [-0.05, 0) is 58.2 Å². The highest BCUT2D eigenvalue weighted by Crippen LogP contribution is 2.24. The molecule has 0 aliphatic heterocycles. The van der Waals surface area contributed by atoms with Crippen LogP contribution in [0.25, 0.3) is 0 Å². The van der Waals surface area contributed by atoms with Gasteiger partial charge < -0.3 is 5.32 Å². The Bertz CT molecular complexity index is 660. The van der Waals surface area contributed by atoms with Crippen LogP contribution in [0.5, 0.6) is 0 Å². The summed E-state index contributed by atoms with van der Waals surface area (Å²) in [5, 5.41) is 3.72. The maximum absolute atomic E-state index is 12.5. The second-order valence-electron chi connectivity index (χ2n) is 4.61. The van der Waals surface area contributed by atoms with Gasteiger partial charge >= 0.3 is 0 Å². The summed E-state index contributed by atoms with van der Waals surface area (Å²) >= 11 is 12.8. The van der Waals surface area contributed by atoms with Gasteiger partial charge in [-0.3, -0.25) is 4.79 Å². The summed E-state index contributed by atoms with van der Waals surface area (Å²) in [6.07, 6.45) is 0.789. The number of amides is 1. The average molecular weight is 432 g/mol. The zero-order chi connectivity index (χ0) is 15.4. The molecule has 21 heavy (non-hydrogen) atoms. The highest BCUT2D eigenvalue weighted by Gasteiger charge is 2.16. The molecule has 0 saturated heterocycles. The van der Waals surface area contributed by atoms with Crippen LogP contribution in [-0.2, 0) is 0 Å². The van der Waals surface area contributed by atoms with Crippen molar-refractivity contribution < 1.29 is 4.79 Å². The van der Waals surface area contributed by atoms with E-state index in [0.29, 0.717) is 10.6 Å². The molecule has 2 rings (SSSR count). The van der Waals surface area contributed by atoms with Crippen LogP contribution in [-0.4, -0.2) is 5.91 Å². The van der Waals surface area contributed by atoms with E-state index in [-0.39, 0.29) is 11.9 Å². The van der Waals surface area contributed by atoms with Crippen molar-refractivity contribution >= 4 is 49.4 Å². The summed E-state index contributed by atoms with van der Waals surface area (Å²) in [6.45, 7) is 2.03. The first-order valence-corrected chi connectivity index (χ1v) is 8.49. The van der Waals surface area contributed by atoms with Crippen LogP contribution < -0.4 is 5.32 Å². The number of rotatable bonds is 4. The molecule has 2 aromatic rings. The normalized spacial score (nSPS) is 12.0. The third-order valence-corrected chi connectivity index (χ3v) is 4.56. The van der Waals surface area contributed by atoms with Crippen molar-refractivity contribution in [2.45, 2.75) is 19.4 Å². The lowest BCUT2D eigenvalue weighted by molar-refractivity contribution is 0.0934. The SMILES string of the molecule is CCC(NC(=O)c1cc(Br)ccc1Br)c1cccc(Cl)c1. The van der Waals surface area contributed by atoms with Crippen molar-refractivity contribution in [1.29, 1.82) is 0 Å². The first kappa shape index (κ1) is 16.5. The fraction of sp³-hybridized carbons (Fsp3) is 0.188. The van der Waals surface area contributed by atoms with E-state index in [0.717, 1.165) is 20.9 Å². The molecular weight excluding hydrogens is 417 g/mol. The topological polar surface area (TPSA) is 29.1 Å². The molecule has 2 nitrogen and oxygen atoms in total. The molecule has 110 valence electrons. The van der Waals surface area contributed by atoms with Crippen LogP contribution in [0.3, 0.4) is 0 Å². The predicted octanol–water partition coefficient (Wildman–Crippen LogP) is 5.75. The van der Waals surface area contributed by atoms with E-state index < -0.39 is 0 Å². The third-order valence-electron chi connectivity index (χ3n) is 3.14. The van der Waals surface area contributed by atoms with Gasteiger partial charge in [0.2, 0.25) is 0 Å². The zero-order valence-corrected chi connectivity index (χ0v) is 15.3. The van der Waals surface area contributed by atoms with E-state index in [1.54, 1.807) is 6.07 Å². The molecule has 0 heterocycles. The van der Waals surface area contributed by atoms with Crippen molar-refractivity contribution in [2.75, 3.05) is 0 Å². The fourth-order valence-corrected chi connectivity index (χ4v) is 3.04. The van der Waals surface area contributed by atoms with Gasteiger partial charge in [0.1, 0.15) is 0 Å². The Morgan fingerprint density at radius 1 is 1.24 bits per heavy atom. The van der Waals surface area contributed by atoms with Gasteiger partial charge in [-0.1, -0.05) is 46.6 Å². The highest BCUT2D eigenvalue weighted by molar-refractivity contribution is 9.11. The van der Waals surface area contributed by atoms with E-state index in [2.05, 4.69) is 37.2 Å². The monoisotopic (exact) mass is 429 g/mol. The maximum Gasteiger partial charge on any atom is 0.252 e. The molecule has 0 saturated carbocycles. The molecular formula is C16H14Br2ClNO. The first-order chi connectivity index (χ1) is 10.0. The molecule has 0 aromatic heterocycles. The summed E-state index contributed by atoms with van der Waals surface area (Å²) in [4.78, 5) is 12.5. The minimum Gasteiger partial charge on any atom is -0.345 e. The summed E-state index contributed by atoms with van der Waals surface area (Å²) in [5.41, 5.74) is 1.61. The van der Waals surface area contributed by atoms with Gasteiger partial charge in [0.05, 0.1) is 11.6 Å². The minimum atomic E-state index is -0.116. The molecule has 0 aliphatic rings. The number of nitrogens with one attached hydrogen (secondary N) is 1. The lowest BCUT2D eigenvalue weighted by Crippen LogP contribution is -2.28. The number of benzene rings is 2. The Hall–Kier alpha value is -0.840. The molecule has 1 N–H and O–H groups in total. The molecule has 1 amide bonds. The van der Waals surface area contributed by atoms with Gasteiger partial charge in [-0.15, -0.1) is 0 Å². The van der Waals surface area contributed by atoms with Crippen molar-refractivity contribution in [3.05, 3.63) is 67.6 Å². The molecule has 1 atom stereocenters. The lowest BCUT2D eigenvalue weighted by atomic mass is 10.0. The third kappa shape index (κ3) is 4.31. The van der Waals surface area contributed by atoms with E-state index in [9.17, 15) is 4.79 Å². The molecule has 5 heteroatoms. The molecule has 0 bridgehead atoms. The smallest absolute Gasteiger partial charge is 0.252 e. The number of hydrogen-bond acceptors (Lipinski definition) is 1. The Labute approximate surface area is 146 Å². The van der Waals surface area contributed by atoms with Crippen LogP contribution in [0, 0.1) is 0 Å². The molecule has 1 unspecified atom stereocenters. The van der Waals surface area contributed by atoms with Crippen LogP contribution in [0.1, 0.15) is 35.3 Å². The second-order valence-corrected chi connectivity index (χ2v) is 6.82. The predicted molar refractivity (Wildman–Crippen MR) is 93.8 cm³/mol. The van der Waals surface area contributed by atoms with Crippen LogP contribution in [0.4, 0.5) is 0 Å². The van der Waals surface area contributed by atoms with Crippen molar-refractivity contribution in [1.82, 2.24) is 5.32 Å². The van der Waals surface area contributed by atoms with Gasteiger partial charge in [0.25, 0.3) is 5.91 Å². The number of hydrogen-bond donors (Lipinski definition) is 1. The largest absolute Gasteiger partial charge is 0.345 e. The van der Waals surface area contributed by atoms with Gasteiger partial charge in [0, 0.05) is 14.0 Å². The molecule has 0 spiro atoms. The number of carbonyl (C=O) groups excluding carboxylic acids is 1. The van der Waals surface area contributed by atoms with E-state index in [1.165, 1.54) is 0 Å². The van der Waals surface area contributed by atoms with E-state index >= 15 is 0 Å². The zero-order valence-electron chi connectivity index (χ0n) is 11.4. The summed E-state index contributed by atoms with van der Waals surface area (Å²) < 4.78 is 1.64. The van der Waals surface area contributed by atoms with Gasteiger partial charge in [-0.2, -0.15) is 0 Å². The van der Waals surface area contributed by atoms with Crippen molar-refractivity contribution in [3.8, 4) is 0 Å². The van der Waals surface area contributed by atoms with Gasteiger partial charge in [0.15, 0.2) is 0 Å². The fourth-order valence-electron chi connectivity index (χ4n) is 2.05. The Morgan fingerprint density at radius 2 is 2.00 bits per heavy atom. The minimum absolute atomic E-state index is 0.0675. The van der Waals surface area contributed by atoms with Crippen LogP contribution in [0.15, 0.2) is 51.4 Å². The Kier molecular flexibility index (Phi) is 5.85. The summed E-state index contributed by atoms with van der Waals surface area (Å²) in [5.74, 6) is -0.116. The highest BCUT2D eigenvalue weighted by atomic mass is 79.9. The molecule has 0 aliphatic carbocycles. The first-order valence-electron chi connectivity index (χ1n) is 6.52. The second kappa shape index (κ2) is 7.43. The maximum atomic E-state index is 12.5. The van der Waals surface area contributed by atoms with E-state index in [1.807, 2.05) is 43.3 Å². The quantitative estimate of drug-likeness (QED) is 0.657. The lowest BCUT2D eigenvalue weighted by Gasteiger charge is -2.18. The van der Waals surface area contributed by atoms with Crippen molar-refractivity contribution in [3.63, 3.8) is 0 Å². The summed E-state index contributed by atoms with van der Waals surface area (Å²) in [7, 11) is 0. The molecule has 0 radical (unpaired) electrons. The average Bonchev–Trinajstić information content (AvgIpc) is 2.47. The Balaban J connectivity index is 2.22. The number of carbonyl (C=O) groups is 1. The molecule has 0 fully saturated rings. The summed E-state index contributed by atoms with van der Waals surface area (Å²) in [6, 6.07) is 13.0. The van der Waals surface area contributed by atoms with E-state index in [4.69, 9.17) is 11.6 Å². The number of halogens is 3. The molecule has 2 aromatic carbocycles. The Morgan fingerprint density at radius 3 is 2.67 bits per heavy atom. The van der Waals surface area contributed by atoms with Crippen molar-refractivity contribution in [2.24, 2.45) is 0 Å². The van der Waals surface area contributed by atoms with Crippen LogP contribution >= 0.6 is 43.5 Å².